The number of carbonyl (C=O) groups is 1. The molecule has 5 nitrogen and oxygen atoms in total. The highest BCUT2D eigenvalue weighted by molar-refractivity contribution is 7.98. The standard InChI is InChI=1S/C20H30N2O3S/c1-26-19-4-2-15(3-5-19)10-20(25)22-12-16(17(13-22)14-23)11-21-8-6-18(24)7-9-21/h2-5,16-18,23-24H,6-14H2,1H3/t16-,17-/m1/s1. The lowest BCUT2D eigenvalue weighted by Crippen LogP contribution is -2.40. The van der Waals surface area contributed by atoms with Gasteiger partial charge in [0.1, 0.15) is 0 Å². The minimum atomic E-state index is -0.168. The summed E-state index contributed by atoms with van der Waals surface area (Å²) in [5, 5.41) is 19.4. The second-order valence-corrected chi connectivity index (χ2v) is 8.44. The van der Waals surface area contributed by atoms with Crippen LogP contribution in [0.4, 0.5) is 0 Å². The molecule has 0 radical (unpaired) electrons. The molecule has 0 bridgehead atoms. The Hall–Kier alpha value is -1.08. The number of aliphatic hydroxyl groups excluding tert-OH is 2. The van der Waals surface area contributed by atoms with Gasteiger partial charge in [-0.05, 0) is 42.7 Å². The third kappa shape index (κ3) is 5.00. The van der Waals surface area contributed by atoms with E-state index in [0.717, 1.165) is 44.6 Å². The Morgan fingerprint density at radius 1 is 1.15 bits per heavy atom. The summed E-state index contributed by atoms with van der Waals surface area (Å²) in [7, 11) is 0. The Morgan fingerprint density at radius 3 is 2.42 bits per heavy atom. The highest BCUT2D eigenvalue weighted by Gasteiger charge is 2.36. The average molecular weight is 379 g/mol. The maximum absolute atomic E-state index is 12.7. The second-order valence-electron chi connectivity index (χ2n) is 7.56. The van der Waals surface area contributed by atoms with Crippen molar-refractivity contribution in [1.29, 1.82) is 0 Å². The third-order valence-corrected chi connectivity index (χ3v) is 6.47. The molecule has 1 aromatic rings. The first-order chi connectivity index (χ1) is 12.6. The summed E-state index contributed by atoms with van der Waals surface area (Å²) in [5.74, 6) is 0.625. The Kier molecular flexibility index (Phi) is 6.98. The molecule has 2 aliphatic rings. The van der Waals surface area contributed by atoms with E-state index in [1.165, 1.54) is 4.90 Å². The molecule has 2 fully saturated rings. The van der Waals surface area contributed by atoms with Crippen molar-refractivity contribution in [3.63, 3.8) is 0 Å². The fourth-order valence-electron chi connectivity index (χ4n) is 4.02. The third-order valence-electron chi connectivity index (χ3n) is 5.73. The van der Waals surface area contributed by atoms with Gasteiger partial charge in [0.15, 0.2) is 0 Å². The minimum Gasteiger partial charge on any atom is -0.396 e. The molecule has 0 aromatic heterocycles. The number of hydrogen-bond acceptors (Lipinski definition) is 5. The van der Waals surface area contributed by atoms with Crippen LogP contribution in [0.5, 0.6) is 0 Å². The number of benzene rings is 1. The molecule has 0 saturated carbocycles. The largest absolute Gasteiger partial charge is 0.396 e. The van der Waals surface area contributed by atoms with E-state index in [4.69, 9.17) is 0 Å². The normalized spacial score (nSPS) is 25.0. The molecule has 1 amide bonds. The van der Waals surface area contributed by atoms with Crippen LogP contribution in [0.2, 0.25) is 0 Å². The number of nitrogens with zero attached hydrogens (tertiary/aromatic N) is 2. The SMILES string of the molecule is CSc1ccc(CC(=O)N2C[C@@H](CN3CCC(O)CC3)[C@@H](CO)C2)cc1. The van der Waals surface area contributed by atoms with E-state index < -0.39 is 0 Å². The smallest absolute Gasteiger partial charge is 0.227 e. The average Bonchev–Trinajstić information content (AvgIpc) is 3.07. The lowest BCUT2D eigenvalue weighted by Gasteiger charge is -2.32. The van der Waals surface area contributed by atoms with Gasteiger partial charge in [0, 0.05) is 50.1 Å². The maximum Gasteiger partial charge on any atom is 0.227 e. The van der Waals surface area contributed by atoms with Crippen molar-refractivity contribution >= 4 is 17.7 Å². The van der Waals surface area contributed by atoms with Crippen LogP contribution < -0.4 is 0 Å². The number of rotatable bonds is 6. The van der Waals surface area contributed by atoms with Crippen molar-refractivity contribution in [2.24, 2.45) is 11.8 Å². The van der Waals surface area contributed by atoms with E-state index in [-0.39, 0.29) is 24.5 Å². The van der Waals surface area contributed by atoms with Crippen LogP contribution in [-0.4, -0.2) is 77.6 Å². The molecule has 0 aliphatic carbocycles. The molecule has 0 unspecified atom stereocenters. The van der Waals surface area contributed by atoms with Gasteiger partial charge in [-0.25, -0.2) is 0 Å². The molecule has 3 rings (SSSR count). The van der Waals surface area contributed by atoms with Crippen molar-refractivity contribution in [1.82, 2.24) is 9.80 Å². The molecule has 2 N–H and O–H groups in total. The fraction of sp³-hybridized carbons (Fsp3) is 0.650. The molecule has 2 aliphatic heterocycles. The summed E-state index contributed by atoms with van der Waals surface area (Å²) in [6, 6.07) is 8.17. The van der Waals surface area contributed by atoms with Gasteiger partial charge in [-0.3, -0.25) is 4.79 Å². The van der Waals surface area contributed by atoms with Gasteiger partial charge >= 0.3 is 0 Å². The molecule has 0 spiro atoms. The number of piperidine rings is 1. The van der Waals surface area contributed by atoms with Crippen LogP contribution >= 0.6 is 11.8 Å². The first-order valence-electron chi connectivity index (χ1n) is 9.51. The number of aliphatic hydroxyl groups is 2. The number of hydrogen-bond donors (Lipinski definition) is 2. The lowest BCUT2D eigenvalue weighted by molar-refractivity contribution is -0.129. The maximum atomic E-state index is 12.7. The highest BCUT2D eigenvalue weighted by atomic mass is 32.2. The van der Waals surface area contributed by atoms with Crippen LogP contribution in [0.3, 0.4) is 0 Å². The first kappa shape index (κ1) is 19.7. The zero-order chi connectivity index (χ0) is 18.5. The Labute approximate surface area is 160 Å². The zero-order valence-electron chi connectivity index (χ0n) is 15.5. The monoisotopic (exact) mass is 378 g/mol. The Balaban J connectivity index is 1.54. The van der Waals surface area contributed by atoms with Gasteiger partial charge in [-0.15, -0.1) is 11.8 Å². The molecule has 6 heteroatoms. The van der Waals surface area contributed by atoms with E-state index in [2.05, 4.69) is 17.0 Å². The van der Waals surface area contributed by atoms with Gasteiger partial charge in [0.25, 0.3) is 0 Å². The van der Waals surface area contributed by atoms with Crippen LogP contribution in [0, 0.1) is 11.8 Å². The van der Waals surface area contributed by atoms with Crippen LogP contribution in [0.15, 0.2) is 29.2 Å². The lowest BCUT2D eigenvalue weighted by atomic mass is 9.95. The summed E-state index contributed by atoms with van der Waals surface area (Å²) in [6.45, 7) is 4.24. The van der Waals surface area contributed by atoms with Crippen molar-refractivity contribution in [2.45, 2.75) is 30.3 Å². The van der Waals surface area contributed by atoms with Crippen LogP contribution in [0.25, 0.3) is 0 Å². The Bertz CT molecular complexity index is 587. The number of thioether (sulfide) groups is 1. The summed E-state index contributed by atoms with van der Waals surface area (Å²) in [6.07, 6.45) is 3.95. The van der Waals surface area contributed by atoms with Gasteiger partial charge in [0.2, 0.25) is 5.91 Å². The highest BCUT2D eigenvalue weighted by Crippen LogP contribution is 2.26. The Morgan fingerprint density at radius 2 is 1.81 bits per heavy atom. The van der Waals surface area contributed by atoms with Crippen LogP contribution in [0.1, 0.15) is 18.4 Å². The fourth-order valence-corrected chi connectivity index (χ4v) is 4.43. The van der Waals surface area contributed by atoms with Crippen molar-refractivity contribution in [3.05, 3.63) is 29.8 Å². The van der Waals surface area contributed by atoms with Gasteiger partial charge in [-0.2, -0.15) is 0 Å². The van der Waals surface area contributed by atoms with E-state index in [1.807, 2.05) is 23.3 Å². The topological polar surface area (TPSA) is 64.0 Å². The van der Waals surface area contributed by atoms with E-state index in [1.54, 1.807) is 11.8 Å². The van der Waals surface area contributed by atoms with Gasteiger partial charge in [-0.1, -0.05) is 12.1 Å². The molecule has 26 heavy (non-hydrogen) atoms. The van der Waals surface area contributed by atoms with E-state index in [0.29, 0.717) is 18.9 Å². The number of amides is 1. The van der Waals surface area contributed by atoms with E-state index in [9.17, 15) is 15.0 Å². The molecule has 1 aromatic carbocycles. The molecule has 2 heterocycles. The van der Waals surface area contributed by atoms with Gasteiger partial charge in [0.05, 0.1) is 12.5 Å². The molecular weight excluding hydrogens is 348 g/mol. The van der Waals surface area contributed by atoms with Gasteiger partial charge < -0.3 is 20.0 Å². The molecule has 144 valence electrons. The second kappa shape index (κ2) is 9.22. The predicted octanol–water partition coefficient (Wildman–Crippen LogP) is 1.47. The molecule has 2 saturated heterocycles. The summed E-state index contributed by atoms with van der Waals surface area (Å²) in [5.41, 5.74) is 1.04. The van der Waals surface area contributed by atoms with Crippen LogP contribution in [-0.2, 0) is 11.2 Å². The number of carbonyl (C=O) groups excluding carboxylic acids is 1. The van der Waals surface area contributed by atoms with Crippen molar-refractivity contribution in [2.75, 3.05) is 45.6 Å². The molecular formula is C20H30N2O3S. The number of likely N-dealkylation sites (tertiary alicyclic amines) is 2. The minimum absolute atomic E-state index is 0.132. The van der Waals surface area contributed by atoms with E-state index >= 15 is 0 Å². The summed E-state index contributed by atoms with van der Waals surface area (Å²) in [4.78, 5) is 18.2. The quantitative estimate of drug-likeness (QED) is 0.734. The molecule has 2 atom stereocenters. The first-order valence-corrected chi connectivity index (χ1v) is 10.7. The summed E-state index contributed by atoms with van der Waals surface area (Å²) < 4.78 is 0. The summed E-state index contributed by atoms with van der Waals surface area (Å²) >= 11 is 1.70. The van der Waals surface area contributed by atoms with Crippen molar-refractivity contribution in [3.8, 4) is 0 Å². The zero-order valence-corrected chi connectivity index (χ0v) is 16.3. The predicted molar refractivity (Wildman–Crippen MR) is 104 cm³/mol. The van der Waals surface area contributed by atoms with Crippen molar-refractivity contribution < 1.29 is 15.0 Å².